The third-order valence-electron chi connectivity index (χ3n) is 1.33. The van der Waals surface area contributed by atoms with Gasteiger partial charge in [0.1, 0.15) is 0 Å². The number of nitriles is 1. The number of nitrogens with zero attached hydrogens (tertiary/aromatic N) is 1. The first-order chi connectivity index (χ1) is 5.81. The molecule has 0 fully saturated rings. The summed E-state index contributed by atoms with van der Waals surface area (Å²) in [6.07, 6.45) is 3.05. The second-order valence-corrected chi connectivity index (χ2v) is 2.44. The molecule has 12 heavy (non-hydrogen) atoms. The third kappa shape index (κ3) is 7.07. The Morgan fingerprint density at radius 3 is 2.83 bits per heavy atom. The van der Waals surface area contributed by atoms with Crippen LogP contribution in [0.25, 0.3) is 0 Å². The van der Waals surface area contributed by atoms with Crippen LogP contribution in [0.4, 0.5) is 0 Å². The van der Waals surface area contributed by atoms with Gasteiger partial charge in [-0.3, -0.25) is 4.79 Å². The van der Waals surface area contributed by atoms with E-state index in [-0.39, 0.29) is 5.97 Å². The van der Waals surface area contributed by atoms with Crippen molar-refractivity contribution >= 4 is 5.97 Å². The maximum Gasteiger partial charge on any atom is 0.305 e. The standard InChI is InChI=1S/C9H14NO2/c1-2-3-6-9(11)12-8-5-4-7-10/h1-6,8H2. The normalized spacial score (nSPS) is 9.00. The average Bonchev–Trinajstić information content (AvgIpc) is 2.09. The summed E-state index contributed by atoms with van der Waals surface area (Å²) in [7, 11) is 0. The van der Waals surface area contributed by atoms with Gasteiger partial charge >= 0.3 is 5.97 Å². The molecule has 0 spiro atoms. The minimum atomic E-state index is -0.184. The number of hydrogen-bond donors (Lipinski definition) is 0. The van der Waals surface area contributed by atoms with Crippen LogP contribution in [0.5, 0.6) is 0 Å². The van der Waals surface area contributed by atoms with Gasteiger partial charge in [-0.15, -0.1) is 0 Å². The molecule has 0 atom stereocenters. The van der Waals surface area contributed by atoms with E-state index in [1.54, 1.807) is 0 Å². The number of rotatable bonds is 6. The molecule has 67 valence electrons. The van der Waals surface area contributed by atoms with Gasteiger partial charge in [0.15, 0.2) is 0 Å². The Bertz CT molecular complexity index is 160. The molecule has 0 aliphatic heterocycles. The monoisotopic (exact) mass is 168 g/mol. The van der Waals surface area contributed by atoms with E-state index in [2.05, 4.69) is 6.92 Å². The van der Waals surface area contributed by atoms with Crippen LogP contribution in [-0.4, -0.2) is 12.6 Å². The molecule has 1 radical (unpaired) electrons. The quantitative estimate of drug-likeness (QED) is 0.449. The predicted octanol–water partition coefficient (Wildman–Crippen LogP) is 1.84. The molecule has 0 aromatic carbocycles. The van der Waals surface area contributed by atoms with Crippen molar-refractivity contribution in [1.82, 2.24) is 0 Å². The summed E-state index contributed by atoms with van der Waals surface area (Å²) in [6, 6.07) is 1.98. The van der Waals surface area contributed by atoms with Gasteiger partial charge in [-0.25, -0.2) is 0 Å². The van der Waals surface area contributed by atoms with Crippen LogP contribution >= 0.6 is 0 Å². The number of carbonyl (C=O) groups excluding carboxylic acids is 1. The Labute approximate surface area is 73.3 Å². The number of hydrogen-bond acceptors (Lipinski definition) is 3. The van der Waals surface area contributed by atoms with Gasteiger partial charge in [0.2, 0.25) is 0 Å². The van der Waals surface area contributed by atoms with E-state index in [1.165, 1.54) is 0 Å². The summed E-state index contributed by atoms with van der Waals surface area (Å²) in [5.74, 6) is -0.184. The lowest BCUT2D eigenvalue weighted by atomic mass is 10.2. The van der Waals surface area contributed by atoms with Crippen LogP contribution in [0.2, 0.25) is 0 Å². The van der Waals surface area contributed by atoms with Gasteiger partial charge in [-0.2, -0.15) is 5.26 Å². The van der Waals surface area contributed by atoms with Gasteiger partial charge in [0.05, 0.1) is 12.7 Å². The van der Waals surface area contributed by atoms with Crippen molar-refractivity contribution in [1.29, 1.82) is 5.26 Å². The number of ether oxygens (including phenoxy) is 1. The maximum atomic E-state index is 10.8. The SMILES string of the molecule is [CH2]CCCC(=O)OCCCC#N. The van der Waals surface area contributed by atoms with Crippen LogP contribution in [-0.2, 0) is 9.53 Å². The molecule has 0 bridgehead atoms. The molecule has 0 aliphatic rings. The fourth-order valence-electron chi connectivity index (χ4n) is 0.679. The summed E-state index contributed by atoms with van der Waals surface area (Å²) in [5, 5.41) is 8.17. The molecule has 3 nitrogen and oxygen atoms in total. The summed E-state index contributed by atoms with van der Waals surface area (Å²) >= 11 is 0. The number of esters is 1. The zero-order chi connectivity index (χ0) is 9.23. The highest BCUT2D eigenvalue weighted by Gasteiger charge is 2.00. The Morgan fingerprint density at radius 1 is 1.50 bits per heavy atom. The highest BCUT2D eigenvalue weighted by molar-refractivity contribution is 5.69. The van der Waals surface area contributed by atoms with E-state index >= 15 is 0 Å². The average molecular weight is 168 g/mol. The smallest absolute Gasteiger partial charge is 0.305 e. The first-order valence-electron chi connectivity index (χ1n) is 4.13. The zero-order valence-corrected chi connectivity index (χ0v) is 7.21. The molecule has 0 saturated carbocycles. The van der Waals surface area contributed by atoms with Crippen LogP contribution in [0, 0.1) is 18.3 Å². The molecule has 0 unspecified atom stereocenters. The van der Waals surface area contributed by atoms with E-state index in [4.69, 9.17) is 10.00 Å². The van der Waals surface area contributed by atoms with Gasteiger partial charge in [-0.05, 0) is 12.8 Å². The van der Waals surface area contributed by atoms with Crippen molar-refractivity contribution in [3.63, 3.8) is 0 Å². The molecule has 0 aromatic rings. The zero-order valence-electron chi connectivity index (χ0n) is 7.21. The molecule has 0 aliphatic carbocycles. The lowest BCUT2D eigenvalue weighted by Gasteiger charge is -2.01. The van der Waals surface area contributed by atoms with E-state index in [0.29, 0.717) is 25.9 Å². The van der Waals surface area contributed by atoms with Crippen molar-refractivity contribution in [2.75, 3.05) is 6.61 Å². The molecular formula is C9H14NO2. The molecule has 3 heteroatoms. The second kappa shape index (κ2) is 8.06. The summed E-state index contributed by atoms with van der Waals surface area (Å²) in [4.78, 5) is 10.8. The summed E-state index contributed by atoms with van der Waals surface area (Å²) in [5.41, 5.74) is 0. The molecule has 0 saturated heterocycles. The van der Waals surface area contributed by atoms with Crippen molar-refractivity contribution in [3.8, 4) is 6.07 Å². The highest BCUT2D eigenvalue weighted by atomic mass is 16.5. The van der Waals surface area contributed by atoms with Crippen molar-refractivity contribution in [2.45, 2.75) is 32.1 Å². The first-order valence-corrected chi connectivity index (χ1v) is 4.13. The van der Waals surface area contributed by atoms with Gasteiger partial charge in [0, 0.05) is 12.8 Å². The van der Waals surface area contributed by atoms with Gasteiger partial charge in [0.25, 0.3) is 0 Å². The lowest BCUT2D eigenvalue weighted by molar-refractivity contribution is -0.143. The summed E-state index contributed by atoms with van der Waals surface area (Å²) in [6.45, 7) is 3.98. The van der Waals surface area contributed by atoms with Crippen LogP contribution in [0.15, 0.2) is 0 Å². The topological polar surface area (TPSA) is 50.1 Å². The molecule has 0 rings (SSSR count). The minimum absolute atomic E-state index is 0.184. The Balaban J connectivity index is 3.15. The van der Waals surface area contributed by atoms with Crippen LogP contribution in [0.3, 0.4) is 0 Å². The van der Waals surface area contributed by atoms with E-state index in [0.717, 1.165) is 12.8 Å². The van der Waals surface area contributed by atoms with Crippen molar-refractivity contribution in [3.05, 3.63) is 6.92 Å². The largest absolute Gasteiger partial charge is 0.466 e. The molecule has 0 N–H and O–H groups in total. The fourth-order valence-corrected chi connectivity index (χ4v) is 0.679. The highest BCUT2D eigenvalue weighted by Crippen LogP contribution is 1.97. The molecule has 0 amide bonds. The lowest BCUT2D eigenvalue weighted by Crippen LogP contribution is -2.05. The minimum Gasteiger partial charge on any atom is -0.466 e. The first kappa shape index (κ1) is 11.0. The molecular weight excluding hydrogens is 154 g/mol. The van der Waals surface area contributed by atoms with Crippen molar-refractivity contribution < 1.29 is 9.53 Å². The fraction of sp³-hybridized carbons (Fsp3) is 0.667. The molecule has 0 aromatic heterocycles. The van der Waals surface area contributed by atoms with E-state index < -0.39 is 0 Å². The Hall–Kier alpha value is -1.04. The van der Waals surface area contributed by atoms with Gasteiger partial charge < -0.3 is 4.74 Å². The Kier molecular flexibility index (Phi) is 7.36. The number of carbonyl (C=O) groups is 1. The Morgan fingerprint density at radius 2 is 2.25 bits per heavy atom. The third-order valence-corrected chi connectivity index (χ3v) is 1.33. The maximum absolute atomic E-state index is 10.8. The van der Waals surface area contributed by atoms with Gasteiger partial charge in [-0.1, -0.05) is 13.3 Å². The second-order valence-electron chi connectivity index (χ2n) is 2.44. The predicted molar refractivity (Wildman–Crippen MR) is 45.0 cm³/mol. The summed E-state index contributed by atoms with van der Waals surface area (Å²) < 4.78 is 4.83. The van der Waals surface area contributed by atoms with E-state index in [9.17, 15) is 4.79 Å². The molecule has 0 heterocycles. The van der Waals surface area contributed by atoms with Crippen LogP contribution < -0.4 is 0 Å². The number of unbranched alkanes of at least 4 members (excludes halogenated alkanes) is 2. The van der Waals surface area contributed by atoms with Crippen molar-refractivity contribution in [2.24, 2.45) is 0 Å². The van der Waals surface area contributed by atoms with E-state index in [1.807, 2.05) is 6.07 Å². The van der Waals surface area contributed by atoms with Crippen LogP contribution in [0.1, 0.15) is 32.1 Å².